The lowest BCUT2D eigenvalue weighted by Crippen LogP contribution is -2.06. The summed E-state index contributed by atoms with van der Waals surface area (Å²) >= 11 is 1.62. The summed E-state index contributed by atoms with van der Waals surface area (Å²) in [5, 5.41) is 9.73. The van der Waals surface area contributed by atoms with Crippen molar-refractivity contribution in [2.24, 2.45) is 7.05 Å². The zero-order chi connectivity index (χ0) is 10.8. The van der Waals surface area contributed by atoms with Crippen molar-refractivity contribution >= 4 is 17.0 Å². The van der Waals surface area contributed by atoms with E-state index in [1.165, 1.54) is 0 Å². The molecule has 0 aliphatic heterocycles. The minimum Gasteiger partial charge on any atom is -0.374 e. The van der Waals surface area contributed by atoms with E-state index >= 15 is 0 Å². The third-order valence-corrected chi connectivity index (χ3v) is 2.89. The molecule has 0 spiro atoms. The van der Waals surface area contributed by atoms with Crippen molar-refractivity contribution in [2.75, 3.05) is 5.32 Å². The Kier molecular flexibility index (Phi) is 2.73. The summed E-state index contributed by atoms with van der Waals surface area (Å²) in [6.07, 6.45) is 1.98. The zero-order valence-electron chi connectivity index (χ0n) is 9.06. The van der Waals surface area contributed by atoms with Crippen LogP contribution in [0, 0.1) is 6.92 Å². The van der Waals surface area contributed by atoms with Gasteiger partial charge in [0.15, 0.2) is 0 Å². The van der Waals surface area contributed by atoms with E-state index in [2.05, 4.69) is 27.7 Å². The molecule has 2 heterocycles. The Labute approximate surface area is 93.0 Å². The van der Waals surface area contributed by atoms with E-state index in [0.717, 1.165) is 17.1 Å². The number of nitrogens with zero attached hydrogens (tertiary/aromatic N) is 3. The lowest BCUT2D eigenvalue weighted by molar-refractivity contribution is 0.756. The second-order valence-electron chi connectivity index (χ2n) is 3.58. The predicted octanol–water partition coefficient (Wildman–Crippen LogP) is 2.36. The normalized spacial score (nSPS) is 12.7. The molecule has 0 radical (unpaired) electrons. The summed E-state index contributed by atoms with van der Waals surface area (Å²) in [6, 6.07) is 0.221. The molecule has 2 aromatic heterocycles. The maximum absolute atomic E-state index is 4.28. The third-order valence-electron chi connectivity index (χ3n) is 2.28. The first kappa shape index (κ1) is 10.2. The molecule has 0 saturated heterocycles. The summed E-state index contributed by atoms with van der Waals surface area (Å²) in [6.45, 7) is 4.09. The van der Waals surface area contributed by atoms with Crippen LogP contribution in [0.1, 0.15) is 24.4 Å². The van der Waals surface area contributed by atoms with Gasteiger partial charge in [0.05, 0.1) is 28.6 Å². The topological polar surface area (TPSA) is 42.7 Å². The van der Waals surface area contributed by atoms with Crippen molar-refractivity contribution in [1.82, 2.24) is 14.8 Å². The molecule has 0 aromatic carbocycles. The highest BCUT2D eigenvalue weighted by atomic mass is 32.1. The average Bonchev–Trinajstić information content (AvgIpc) is 2.76. The standard InChI is InChI=1S/C10H14N4S/c1-7(10-5-15-6-11-10)12-9-4-14(3)13-8(9)2/h4-7,12H,1-3H3. The summed E-state index contributed by atoms with van der Waals surface area (Å²) in [7, 11) is 1.92. The third kappa shape index (κ3) is 2.18. The first-order chi connectivity index (χ1) is 7.16. The Hall–Kier alpha value is -1.36. The fourth-order valence-corrected chi connectivity index (χ4v) is 2.13. The fraction of sp³-hybridized carbons (Fsp3) is 0.400. The van der Waals surface area contributed by atoms with Gasteiger partial charge in [0.25, 0.3) is 0 Å². The lowest BCUT2D eigenvalue weighted by Gasteiger charge is -2.11. The molecule has 2 aromatic rings. The molecule has 4 nitrogen and oxygen atoms in total. The second kappa shape index (κ2) is 4.02. The van der Waals surface area contributed by atoms with Crippen LogP contribution in [0.2, 0.25) is 0 Å². The SMILES string of the molecule is Cc1nn(C)cc1NC(C)c1cscn1. The molecular formula is C10H14N4S. The highest BCUT2D eigenvalue weighted by Gasteiger charge is 2.10. The molecule has 0 fully saturated rings. The average molecular weight is 222 g/mol. The van der Waals surface area contributed by atoms with E-state index in [1.54, 1.807) is 11.3 Å². The van der Waals surface area contributed by atoms with Gasteiger partial charge < -0.3 is 5.32 Å². The van der Waals surface area contributed by atoms with Gasteiger partial charge in [-0.15, -0.1) is 11.3 Å². The maximum atomic E-state index is 4.28. The Morgan fingerprint density at radius 3 is 2.87 bits per heavy atom. The van der Waals surface area contributed by atoms with Crippen LogP contribution in [0.5, 0.6) is 0 Å². The number of nitrogens with one attached hydrogen (secondary N) is 1. The van der Waals surface area contributed by atoms with Crippen molar-refractivity contribution in [1.29, 1.82) is 0 Å². The van der Waals surface area contributed by atoms with Gasteiger partial charge in [-0.05, 0) is 13.8 Å². The first-order valence-electron chi connectivity index (χ1n) is 4.81. The van der Waals surface area contributed by atoms with Gasteiger partial charge >= 0.3 is 0 Å². The van der Waals surface area contributed by atoms with Crippen LogP contribution in [0.4, 0.5) is 5.69 Å². The molecule has 15 heavy (non-hydrogen) atoms. The first-order valence-corrected chi connectivity index (χ1v) is 5.76. The van der Waals surface area contributed by atoms with Gasteiger partial charge in [0.1, 0.15) is 0 Å². The van der Waals surface area contributed by atoms with E-state index in [1.807, 2.05) is 30.4 Å². The predicted molar refractivity (Wildman–Crippen MR) is 62.1 cm³/mol. The van der Waals surface area contributed by atoms with Gasteiger partial charge in [0.2, 0.25) is 0 Å². The molecule has 0 bridgehead atoms. The van der Waals surface area contributed by atoms with Crippen LogP contribution in [0.15, 0.2) is 17.1 Å². The van der Waals surface area contributed by atoms with Gasteiger partial charge in [-0.3, -0.25) is 4.68 Å². The summed E-state index contributed by atoms with van der Waals surface area (Å²) < 4.78 is 1.81. The molecule has 0 amide bonds. The number of aromatic nitrogens is 3. The molecular weight excluding hydrogens is 208 g/mol. The van der Waals surface area contributed by atoms with E-state index in [4.69, 9.17) is 0 Å². The highest BCUT2D eigenvalue weighted by molar-refractivity contribution is 7.07. The minimum atomic E-state index is 0.221. The zero-order valence-corrected chi connectivity index (χ0v) is 9.88. The van der Waals surface area contributed by atoms with Crippen LogP contribution < -0.4 is 5.32 Å². The van der Waals surface area contributed by atoms with Crippen LogP contribution >= 0.6 is 11.3 Å². The van der Waals surface area contributed by atoms with Crippen LogP contribution in [-0.2, 0) is 7.05 Å². The van der Waals surface area contributed by atoms with Crippen LogP contribution in [-0.4, -0.2) is 14.8 Å². The molecule has 5 heteroatoms. The molecule has 1 atom stereocenters. The van der Waals surface area contributed by atoms with Crippen LogP contribution in [0.25, 0.3) is 0 Å². The number of anilines is 1. The van der Waals surface area contributed by atoms with Gasteiger partial charge in [-0.1, -0.05) is 0 Å². The molecule has 0 saturated carbocycles. The van der Waals surface area contributed by atoms with Crippen molar-refractivity contribution in [3.8, 4) is 0 Å². The Bertz CT molecular complexity index is 432. The molecule has 0 aliphatic carbocycles. The largest absolute Gasteiger partial charge is 0.374 e. The van der Waals surface area contributed by atoms with Crippen molar-refractivity contribution in [2.45, 2.75) is 19.9 Å². The summed E-state index contributed by atoms with van der Waals surface area (Å²) in [5.74, 6) is 0. The van der Waals surface area contributed by atoms with E-state index in [9.17, 15) is 0 Å². The number of thiazole rings is 1. The van der Waals surface area contributed by atoms with Gasteiger partial charge in [-0.2, -0.15) is 5.10 Å². The summed E-state index contributed by atoms with van der Waals surface area (Å²) in [5.41, 5.74) is 5.00. The number of hydrogen-bond donors (Lipinski definition) is 1. The maximum Gasteiger partial charge on any atom is 0.0825 e. The van der Waals surface area contributed by atoms with Crippen LogP contribution in [0.3, 0.4) is 0 Å². The van der Waals surface area contributed by atoms with Gasteiger partial charge in [0, 0.05) is 18.6 Å². The van der Waals surface area contributed by atoms with Crippen molar-refractivity contribution in [3.63, 3.8) is 0 Å². The Balaban J connectivity index is 2.12. The highest BCUT2D eigenvalue weighted by Crippen LogP contribution is 2.20. The molecule has 1 unspecified atom stereocenters. The quantitative estimate of drug-likeness (QED) is 0.867. The smallest absolute Gasteiger partial charge is 0.0825 e. The van der Waals surface area contributed by atoms with E-state index < -0.39 is 0 Å². The molecule has 0 aliphatic rings. The van der Waals surface area contributed by atoms with Crippen molar-refractivity contribution in [3.05, 3.63) is 28.5 Å². The Morgan fingerprint density at radius 2 is 2.33 bits per heavy atom. The molecule has 1 N–H and O–H groups in total. The number of hydrogen-bond acceptors (Lipinski definition) is 4. The van der Waals surface area contributed by atoms with E-state index in [0.29, 0.717) is 0 Å². The summed E-state index contributed by atoms with van der Waals surface area (Å²) in [4.78, 5) is 4.28. The lowest BCUT2D eigenvalue weighted by atomic mass is 10.2. The fourth-order valence-electron chi connectivity index (χ4n) is 1.48. The molecule has 80 valence electrons. The van der Waals surface area contributed by atoms with Gasteiger partial charge in [-0.25, -0.2) is 4.98 Å². The van der Waals surface area contributed by atoms with E-state index in [-0.39, 0.29) is 6.04 Å². The monoisotopic (exact) mass is 222 g/mol. The number of rotatable bonds is 3. The Morgan fingerprint density at radius 1 is 1.53 bits per heavy atom. The minimum absolute atomic E-state index is 0.221. The second-order valence-corrected chi connectivity index (χ2v) is 4.30. The number of aryl methyl sites for hydroxylation is 2. The van der Waals surface area contributed by atoms with Crippen molar-refractivity contribution < 1.29 is 0 Å². The molecule has 2 rings (SSSR count).